The lowest BCUT2D eigenvalue weighted by molar-refractivity contribution is 0.363. The predicted molar refractivity (Wildman–Crippen MR) is 58.4 cm³/mol. The maximum Gasteiger partial charge on any atom is 0.224 e. The highest BCUT2D eigenvalue weighted by Crippen LogP contribution is 1.89. The molecule has 0 atom stereocenters. The quantitative estimate of drug-likeness (QED) is 0.462. The molecule has 0 saturated heterocycles. The lowest BCUT2D eigenvalue weighted by Gasteiger charge is -2.13. The molecule has 0 bridgehead atoms. The fourth-order valence-electron chi connectivity index (χ4n) is 0.977. The van der Waals surface area contributed by atoms with Gasteiger partial charge in [-0.1, -0.05) is 13.8 Å². The van der Waals surface area contributed by atoms with Gasteiger partial charge in [-0.05, 0) is 13.0 Å². The lowest BCUT2D eigenvalue weighted by Crippen LogP contribution is -2.38. The van der Waals surface area contributed by atoms with Crippen molar-refractivity contribution in [3.63, 3.8) is 0 Å². The number of rotatable bonds is 7. The van der Waals surface area contributed by atoms with Crippen molar-refractivity contribution in [3.8, 4) is 0 Å². The molecule has 0 aromatic rings. The fourth-order valence-corrected chi connectivity index (χ4v) is 2.15. The third-order valence-corrected chi connectivity index (χ3v) is 2.93. The third-order valence-electron chi connectivity index (χ3n) is 1.46. The molecule has 0 saturated carbocycles. The van der Waals surface area contributed by atoms with Crippen LogP contribution in [0, 0.1) is 0 Å². The number of hydrazine groups is 1. The minimum Gasteiger partial charge on any atom is -0.314 e. The number of hydrogen-bond acceptors (Lipinski definition) is 4. The van der Waals surface area contributed by atoms with Crippen molar-refractivity contribution in [1.82, 2.24) is 15.2 Å². The molecule has 0 unspecified atom stereocenters. The molecule has 0 rings (SSSR count). The smallest absolute Gasteiger partial charge is 0.224 e. The minimum absolute atomic E-state index is 0.158. The van der Waals surface area contributed by atoms with Crippen molar-refractivity contribution < 1.29 is 8.42 Å². The summed E-state index contributed by atoms with van der Waals surface area (Å²) in [6.45, 7) is 4.80. The van der Waals surface area contributed by atoms with Gasteiger partial charge in [0.05, 0.1) is 5.75 Å². The van der Waals surface area contributed by atoms with Crippen LogP contribution in [-0.2, 0) is 10.0 Å². The molecule has 86 valence electrons. The van der Waals surface area contributed by atoms with Crippen molar-refractivity contribution in [2.45, 2.75) is 26.3 Å². The Kier molecular flexibility index (Phi) is 6.26. The monoisotopic (exact) mass is 223 g/mol. The second-order valence-electron chi connectivity index (χ2n) is 3.77. The van der Waals surface area contributed by atoms with Crippen LogP contribution in [0.1, 0.15) is 20.3 Å². The van der Waals surface area contributed by atoms with Crippen molar-refractivity contribution in [1.29, 1.82) is 0 Å². The highest BCUT2D eigenvalue weighted by atomic mass is 32.2. The zero-order valence-corrected chi connectivity index (χ0v) is 10.2. The van der Waals surface area contributed by atoms with E-state index in [0.29, 0.717) is 12.5 Å². The molecule has 0 fully saturated rings. The lowest BCUT2D eigenvalue weighted by atomic mass is 10.4. The molecule has 14 heavy (non-hydrogen) atoms. The summed E-state index contributed by atoms with van der Waals surface area (Å²) in [5.74, 6) is 0.158. The summed E-state index contributed by atoms with van der Waals surface area (Å²) < 4.78 is 22.6. The van der Waals surface area contributed by atoms with Gasteiger partial charge in [0.1, 0.15) is 0 Å². The van der Waals surface area contributed by atoms with Crippen LogP contribution >= 0.6 is 0 Å². The second kappa shape index (κ2) is 6.34. The molecule has 0 aliphatic carbocycles. The van der Waals surface area contributed by atoms with Crippen LogP contribution in [0.25, 0.3) is 0 Å². The van der Waals surface area contributed by atoms with Crippen molar-refractivity contribution in [2.75, 3.05) is 26.4 Å². The summed E-state index contributed by atoms with van der Waals surface area (Å²) in [4.78, 5) is 2.38. The van der Waals surface area contributed by atoms with Crippen LogP contribution < -0.4 is 10.1 Å². The van der Waals surface area contributed by atoms with Gasteiger partial charge in [-0.25, -0.2) is 13.4 Å². The van der Waals surface area contributed by atoms with Gasteiger partial charge in [0.15, 0.2) is 0 Å². The van der Waals surface area contributed by atoms with Gasteiger partial charge in [0.25, 0.3) is 0 Å². The Bertz CT molecular complexity index is 237. The summed E-state index contributed by atoms with van der Waals surface area (Å²) in [6.07, 6.45) is 0.626. The van der Waals surface area contributed by atoms with E-state index in [1.807, 2.05) is 13.8 Å². The normalized spacial score (nSPS) is 12.7. The molecular weight excluding hydrogens is 202 g/mol. The topological polar surface area (TPSA) is 61.4 Å². The van der Waals surface area contributed by atoms with E-state index in [2.05, 4.69) is 10.1 Å². The number of nitrogens with one attached hydrogen (secondary N) is 2. The Morgan fingerprint density at radius 1 is 1.29 bits per heavy atom. The largest absolute Gasteiger partial charge is 0.314 e. The molecule has 5 nitrogen and oxygen atoms in total. The highest BCUT2D eigenvalue weighted by molar-refractivity contribution is 7.89. The van der Waals surface area contributed by atoms with E-state index in [0.717, 1.165) is 6.54 Å². The first kappa shape index (κ1) is 13.8. The van der Waals surface area contributed by atoms with Crippen molar-refractivity contribution >= 4 is 10.0 Å². The Balaban J connectivity index is 3.67. The van der Waals surface area contributed by atoms with E-state index in [1.165, 1.54) is 5.01 Å². The maximum atomic E-state index is 11.3. The Morgan fingerprint density at radius 2 is 1.86 bits per heavy atom. The highest BCUT2D eigenvalue weighted by Gasteiger charge is 2.09. The molecule has 0 aromatic heterocycles. The number of sulfonamides is 1. The fraction of sp³-hybridized carbons (Fsp3) is 1.00. The number of nitrogens with zero attached hydrogens (tertiary/aromatic N) is 1. The molecule has 0 radical (unpaired) electrons. The van der Waals surface area contributed by atoms with Crippen LogP contribution in [0.5, 0.6) is 0 Å². The standard InChI is InChI=1S/C8H21N3O2S/c1-8(2)9-6-5-7-14(12,13)10-11(3)4/h8-10H,5-7H2,1-4H3. The Morgan fingerprint density at radius 3 is 2.29 bits per heavy atom. The SMILES string of the molecule is CC(C)NCCCS(=O)(=O)NN(C)C. The molecule has 0 aliphatic rings. The van der Waals surface area contributed by atoms with Gasteiger partial charge in [0.2, 0.25) is 10.0 Å². The van der Waals surface area contributed by atoms with E-state index in [1.54, 1.807) is 14.1 Å². The summed E-state index contributed by atoms with van der Waals surface area (Å²) in [5, 5.41) is 4.60. The zero-order valence-electron chi connectivity index (χ0n) is 9.37. The van der Waals surface area contributed by atoms with Gasteiger partial charge in [0, 0.05) is 20.1 Å². The van der Waals surface area contributed by atoms with Crippen LogP contribution in [0.4, 0.5) is 0 Å². The molecule has 6 heteroatoms. The predicted octanol–water partition coefficient (Wildman–Crippen LogP) is -0.229. The van der Waals surface area contributed by atoms with E-state index >= 15 is 0 Å². The zero-order chi connectivity index (χ0) is 11.2. The van der Waals surface area contributed by atoms with Gasteiger partial charge < -0.3 is 5.32 Å². The first-order valence-corrected chi connectivity index (χ1v) is 6.39. The van der Waals surface area contributed by atoms with Gasteiger partial charge in [-0.2, -0.15) is 0 Å². The molecule has 0 aromatic carbocycles. The van der Waals surface area contributed by atoms with E-state index < -0.39 is 10.0 Å². The molecule has 2 N–H and O–H groups in total. The van der Waals surface area contributed by atoms with Crippen LogP contribution in [0.15, 0.2) is 0 Å². The van der Waals surface area contributed by atoms with Crippen LogP contribution in [0.2, 0.25) is 0 Å². The Hall–Kier alpha value is -0.170. The third kappa shape index (κ3) is 8.43. The average Bonchev–Trinajstić information content (AvgIpc) is 1.95. The van der Waals surface area contributed by atoms with E-state index in [-0.39, 0.29) is 5.75 Å². The molecular formula is C8H21N3O2S. The van der Waals surface area contributed by atoms with E-state index in [4.69, 9.17) is 0 Å². The minimum atomic E-state index is -3.14. The van der Waals surface area contributed by atoms with Gasteiger partial charge in [-0.3, -0.25) is 0 Å². The van der Waals surface area contributed by atoms with Crippen molar-refractivity contribution in [2.24, 2.45) is 0 Å². The molecule has 0 spiro atoms. The second-order valence-corrected chi connectivity index (χ2v) is 5.59. The van der Waals surface area contributed by atoms with Gasteiger partial charge >= 0.3 is 0 Å². The van der Waals surface area contributed by atoms with Crippen molar-refractivity contribution in [3.05, 3.63) is 0 Å². The average molecular weight is 223 g/mol. The van der Waals surface area contributed by atoms with Gasteiger partial charge in [-0.15, -0.1) is 4.83 Å². The maximum absolute atomic E-state index is 11.3. The summed E-state index contributed by atoms with van der Waals surface area (Å²) in [7, 11) is 0.170. The van der Waals surface area contributed by atoms with Crippen LogP contribution in [-0.4, -0.2) is 45.9 Å². The molecule has 0 heterocycles. The summed E-state index contributed by atoms with van der Waals surface area (Å²) >= 11 is 0. The Labute approximate surface area is 86.9 Å². The van der Waals surface area contributed by atoms with E-state index in [9.17, 15) is 8.42 Å². The number of hydrogen-bond donors (Lipinski definition) is 2. The van der Waals surface area contributed by atoms with Crippen LogP contribution in [0.3, 0.4) is 0 Å². The molecule has 0 aliphatic heterocycles. The summed E-state index contributed by atoms with van der Waals surface area (Å²) in [5.41, 5.74) is 0. The first-order chi connectivity index (χ1) is 6.33. The molecule has 0 amide bonds. The summed E-state index contributed by atoms with van der Waals surface area (Å²) in [6, 6.07) is 0.402. The first-order valence-electron chi connectivity index (χ1n) is 4.74.